The molecule has 5 nitrogen and oxygen atoms in total. The summed E-state index contributed by atoms with van der Waals surface area (Å²) in [4.78, 5) is 15.3. The molecule has 1 unspecified atom stereocenters. The number of hydrogen-bond donors (Lipinski definition) is 1. The summed E-state index contributed by atoms with van der Waals surface area (Å²) in [5.41, 5.74) is 11.0. The highest BCUT2D eigenvalue weighted by Crippen LogP contribution is 2.45. The Labute approximate surface area is 106 Å². The van der Waals surface area contributed by atoms with Crippen LogP contribution >= 0.6 is 0 Å². The lowest BCUT2D eigenvalue weighted by Gasteiger charge is -2.35. The van der Waals surface area contributed by atoms with Crippen LogP contribution in [-0.2, 0) is 0 Å². The van der Waals surface area contributed by atoms with E-state index in [0.29, 0.717) is 5.82 Å². The first-order valence-electron chi connectivity index (χ1n) is 5.90. The average molecular weight is 241 g/mol. The number of pyridine rings is 1. The fourth-order valence-corrected chi connectivity index (χ4v) is 2.49. The number of nitrogens with zero attached hydrogens (tertiary/aromatic N) is 4. The van der Waals surface area contributed by atoms with Gasteiger partial charge in [-0.3, -0.25) is 9.97 Å². The maximum absolute atomic E-state index is 6.02. The summed E-state index contributed by atoms with van der Waals surface area (Å²) in [6, 6.07) is 0.145. The monoisotopic (exact) mass is 241 g/mol. The number of rotatable bonds is 0. The van der Waals surface area contributed by atoms with Crippen LogP contribution in [0.5, 0.6) is 0 Å². The van der Waals surface area contributed by atoms with Crippen LogP contribution < -0.4 is 10.6 Å². The van der Waals surface area contributed by atoms with Crippen molar-refractivity contribution in [2.24, 2.45) is 0 Å². The van der Waals surface area contributed by atoms with Crippen molar-refractivity contribution in [1.29, 1.82) is 0 Å². The molecule has 2 aromatic rings. The average Bonchev–Trinajstić information content (AvgIpc) is 2.38. The van der Waals surface area contributed by atoms with Crippen molar-refractivity contribution >= 4 is 11.5 Å². The minimum Gasteiger partial charge on any atom is -0.382 e. The SMILES string of the molecule is Cc1cnc(N)c2c1-c1nccnc1C(C)N2C. The van der Waals surface area contributed by atoms with E-state index in [1.165, 1.54) is 0 Å². The molecule has 1 aliphatic heterocycles. The zero-order chi connectivity index (χ0) is 12.9. The zero-order valence-corrected chi connectivity index (χ0v) is 10.7. The minimum atomic E-state index is 0.145. The van der Waals surface area contributed by atoms with Crippen molar-refractivity contribution in [2.75, 3.05) is 17.7 Å². The summed E-state index contributed by atoms with van der Waals surface area (Å²) in [5, 5.41) is 0. The normalized spacial score (nSPS) is 17.3. The Morgan fingerprint density at radius 3 is 2.72 bits per heavy atom. The van der Waals surface area contributed by atoms with Crippen LogP contribution in [0.3, 0.4) is 0 Å². The van der Waals surface area contributed by atoms with Gasteiger partial charge in [-0.1, -0.05) is 0 Å². The second-order valence-electron chi connectivity index (χ2n) is 4.63. The van der Waals surface area contributed by atoms with Crippen LogP contribution in [-0.4, -0.2) is 22.0 Å². The maximum Gasteiger partial charge on any atom is 0.147 e. The van der Waals surface area contributed by atoms with E-state index in [1.807, 2.05) is 14.0 Å². The smallest absolute Gasteiger partial charge is 0.147 e. The summed E-state index contributed by atoms with van der Waals surface area (Å²) in [6.45, 7) is 4.12. The molecular weight excluding hydrogens is 226 g/mol. The van der Waals surface area contributed by atoms with Crippen molar-refractivity contribution in [3.8, 4) is 11.3 Å². The number of aromatic nitrogens is 3. The van der Waals surface area contributed by atoms with Gasteiger partial charge in [0.1, 0.15) is 5.82 Å². The lowest BCUT2D eigenvalue weighted by Crippen LogP contribution is -2.29. The van der Waals surface area contributed by atoms with Crippen LogP contribution in [0.15, 0.2) is 18.6 Å². The Morgan fingerprint density at radius 2 is 1.94 bits per heavy atom. The topological polar surface area (TPSA) is 67.9 Å². The molecule has 3 heterocycles. The van der Waals surface area contributed by atoms with Gasteiger partial charge in [-0.2, -0.15) is 0 Å². The van der Waals surface area contributed by atoms with Crippen LogP contribution in [0.1, 0.15) is 24.2 Å². The predicted octanol–water partition coefficient (Wildman–Crippen LogP) is 1.94. The first-order chi connectivity index (χ1) is 8.61. The van der Waals surface area contributed by atoms with Gasteiger partial charge in [-0.15, -0.1) is 0 Å². The summed E-state index contributed by atoms with van der Waals surface area (Å²) >= 11 is 0. The Hall–Kier alpha value is -2.17. The van der Waals surface area contributed by atoms with Crippen LogP contribution in [0.2, 0.25) is 0 Å². The second-order valence-corrected chi connectivity index (χ2v) is 4.63. The molecule has 0 bridgehead atoms. The molecule has 0 fully saturated rings. The van der Waals surface area contributed by atoms with E-state index in [-0.39, 0.29) is 6.04 Å². The number of nitrogen functional groups attached to an aromatic ring is 1. The van der Waals surface area contributed by atoms with E-state index in [0.717, 1.165) is 28.2 Å². The summed E-state index contributed by atoms with van der Waals surface area (Å²) in [5.74, 6) is 0.543. The lowest BCUT2D eigenvalue weighted by molar-refractivity contribution is 0.699. The van der Waals surface area contributed by atoms with Gasteiger partial charge in [-0.25, -0.2) is 4.98 Å². The van der Waals surface area contributed by atoms with Gasteiger partial charge in [0.05, 0.1) is 23.1 Å². The van der Waals surface area contributed by atoms with Crippen molar-refractivity contribution in [3.05, 3.63) is 29.8 Å². The molecule has 2 aromatic heterocycles. The molecule has 0 radical (unpaired) electrons. The quantitative estimate of drug-likeness (QED) is 0.763. The molecular formula is C13H15N5. The molecule has 0 saturated carbocycles. The lowest BCUT2D eigenvalue weighted by atomic mass is 9.95. The molecule has 1 atom stereocenters. The first kappa shape index (κ1) is 11.0. The second kappa shape index (κ2) is 3.66. The number of aryl methyl sites for hydroxylation is 1. The molecule has 3 rings (SSSR count). The maximum atomic E-state index is 6.02. The Bertz CT molecular complexity index is 623. The van der Waals surface area contributed by atoms with Gasteiger partial charge >= 0.3 is 0 Å². The third-order valence-electron chi connectivity index (χ3n) is 3.56. The third-order valence-corrected chi connectivity index (χ3v) is 3.56. The van der Waals surface area contributed by atoms with E-state index in [1.54, 1.807) is 18.6 Å². The molecule has 0 amide bonds. The van der Waals surface area contributed by atoms with Crippen molar-refractivity contribution in [2.45, 2.75) is 19.9 Å². The molecule has 0 aromatic carbocycles. The van der Waals surface area contributed by atoms with E-state index < -0.39 is 0 Å². The molecule has 2 N–H and O–H groups in total. The van der Waals surface area contributed by atoms with E-state index >= 15 is 0 Å². The van der Waals surface area contributed by atoms with Crippen LogP contribution in [0, 0.1) is 6.92 Å². The van der Waals surface area contributed by atoms with Crippen molar-refractivity contribution in [3.63, 3.8) is 0 Å². The fourth-order valence-electron chi connectivity index (χ4n) is 2.49. The number of nitrogens with two attached hydrogens (primary N) is 1. The first-order valence-corrected chi connectivity index (χ1v) is 5.90. The molecule has 5 heteroatoms. The van der Waals surface area contributed by atoms with Gasteiger partial charge < -0.3 is 10.6 Å². The molecule has 0 saturated heterocycles. The van der Waals surface area contributed by atoms with Crippen molar-refractivity contribution < 1.29 is 0 Å². The number of fused-ring (bicyclic) bond motifs is 3. The zero-order valence-electron chi connectivity index (χ0n) is 10.7. The third kappa shape index (κ3) is 1.30. The molecule has 0 spiro atoms. The summed E-state index contributed by atoms with van der Waals surface area (Å²) in [6.07, 6.45) is 5.24. The summed E-state index contributed by atoms with van der Waals surface area (Å²) in [7, 11) is 2.01. The van der Waals surface area contributed by atoms with E-state index in [9.17, 15) is 0 Å². The Morgan fingerprint density at radius 1 is 1.22 bits per heavy atom. The predicted molar refractivity (Wildman–Crippen MR) is 71.2 cm³/mol. The minimum absolute atomic E-state index is 0.145. The van der Waals surface area contributed by atoms with Crippen LogP contribution in [0.4, 0.5) is 11.5 Å². The molecule has 1 aliphatic rings. The Kier molecular flexibility index (Phi) is 2.23. The standard InChI is InChI=1S/C13H15N5/c1-7-6-17-13(14)12-9(7)11-10(8(2)18(12)3)15-4-5-16-11/h4-6,8H,1-3H3,(H2,14,17). The van der Waals surface area contributed by atoms with E-state index in [2.05, 4.69) is 26.8 Å². The molecule has 18 heavy (non-hydrogen) atoms. The number of anilines is 2. The highest BCUT2D eigenvalue weighted by molar-refractivity contribution is 5.89. The van der Waals surface area contributed by atoms with Gasteiger partial charge in [0.2, 0.25) is 0 Å². The highest BCUT2D eigenvalue weighted by atomic mass is 15.2. The fraction of sp³-hybridized carbons (Fsp3) is 0.308. The van der Waals surface area contributed by atoms with Crippen LogP contribution in [0.25, 0.3) is 11.3 Å². The van der Waals surface area contributed by atoms with Gasteiger partial charge in [-0.05, 0) is 19.4 Å². The largest absolute Gasteiger partial charge is 0.382 e. The summed E-state index contributed by atoms with van der Waals surface area (Å²) < 4.78 is 0. The Balaban J connectivity index is 2.41. The van der Waals surface area contributed by atoms with Gasteiger partial charge in [0.15, 0.2) is 0 Å². The molecule has 92 valence electrons. The van der Waals surface area contributed by atoms with Gasteiger partial charge in [0.25, 0.3) is 0 Å². The van der Waals surface area contributed by atoms with Gasteiger partial charge in [0, 0.05) is 31.2 Å². The molecule has 0 aliphatic carbocycles. The highest BCUT2D eigenvalue weighted by Gasteiger charge is 2.31. The van der Waals surface area contributed by atoms with E-state index in [4.69, 9.17) is 5.73 Å². The van der Waals surface area contributed by atoms with Crippen molar-refractivity contribution in [1.82, 2.24) is 15.0 Å². The number of hydrogen-bond acceptors (Lipinski definition) is 5.